The second kappa shape index (κ2) is 13.0. The molecule has 0 aromatic rings. The third kappa shape index (κ3) is 8.08. The van der Waals surface area contributed by atoms with Gasteiger partial charge in [0.05, 0.1) is 12.5 Å². The van der Waals surface area contributed by atoms with E-state index in [1.165, 1.54) is 4.90 Å². The van der Waals surface area contributed by atoms with Crippen molar-refractivity contribution in [2.75, 3.05) is 13.1 Å². The van der Waals surface area contributed by atoms with E-state index in [4.69, 9.17) is 17.2 Å². The smallest absolute Gasteiger partial charge is 0.326 e. The predicted molar refractivity (Wildman–Crippen MR) is 116 cm³/mol. The molecule has 9 N–H and O–H groups in total. The molecule has 4 amide bonds. The van der Waals surface area contributed by atoms with E-state index in [2.05, 4.69) is 10.6 Å². The van der Waals surface area contributed by atoms with E-state index in [9.17, 15) is 29.1 Å². The largest absolute Gasteiger partial charge is 0.480 e. The maximum atomic E-state index is 12.9. The van der Waals surface area contributed by atoms with Crippen LogP contribution < -0.4 is 27.8 Å². The molecule has 1 saturated heterocycles. The summed E-state index contributed by atoms with van der Waals surface area (Å²) in [5.41, 5.74) is 16.5. The number of carbonyl (C=O) groups excluding carboxylic acids is 4. The Morgan fingerprint density at radius 1 is 1.12 bits per heavy atom. The first kappa shape index (κ1) is 27.3. The zero-order valence-corrected chi connectivity index (χ0v) is 18.7. The van der Waals surface area contributed by atoms with Crippen molar-refractivity contribution in [3.05, 3.63) is 0 Å². The first-order valence-electron chi connectivity index (χ1n) is 10.9. The fraction of sp³-hybridized carbons (Fsp3) is 0.750. The lowest BCUT2D eigenvalue weighted by molar-refractivity contribution is -0.144. The van der Waals surface area contributed by atoms with Crippen molar-refractivity contribution in [1.29, 1.82) is 0 Å². The fourth-order valence-electron chi connectivity index (χ4n) is 3.60. The first-order chi connectivity index (χ1) is 15.0. The number of hydrogen-bond acceptors (Lipinski definition) is 7. The van der Waals surface area contributed by atoms with Gasteiger partial charge in [0, 0.05) is 6.54 Å². The van der Waals surface area contributed by atoms with Crippen LogP contribution in [0, 0.1) is 5.92 Å². The summed E-state index contributed by atoms with van der Waals surface area (Å²) >= 11 is 0. The van der Waals surface area contributed by atoms with Crippen LogP contribution >= 0.6 is 0 Å². The Hall–Kier alpha value is -2.73. The summed E-state index contributed by atoms with van der Waals surface area (Å²) in [7, 11) is 0. The molecule has 182 valence electrons. The second-order valence-electron chi connectivity index (χ2n) is 8.38. The van der Waals surface area contributed by atoms with Crippen molar-refractivity contribution in [1.82, 2.24) is 15.5 Å². The number of carboxylic acids is 1. The molecule has 0 spiro atoms. The Morgan fingerprint density at radius 2 is 1.78 bits per heavy atom. The zero-order chi connectivity index (χ0) is 24.4. The number of rotatable bonds is 13. The van der Waals surface area contributed by atoms with Gasteiger partial charge in [-0.1, -0.05) is 20.3 Å². The lowest BCUT2D eigenvalue weighted by Gasteiger charge is -2.29. The van der Waals surface area contributed by atoms with E-state index in [0.717, 1.165) is 6.42 Å². The third-order valence-electron chi connectivity index (χ3n) is 5.39. The third-order valence-corrected chi connectivity index (χ3v) is 5.39. The van der Waals surface area contributed by atoms with Gasteiger partial charge in [0.25, 0.3) is 0 Å². The molecule has 1 fully saturated rings. The summed E-state index contributed by atoms with van der Waals surface area (Å²) in [5, 5.41) is 14.1. The summed E-state index contributed by atoms with van der Waals surface area (Å²) in [6.45, 7) is 4.26. The average Bonchev–Trinajstić information content (AvgIpc) is 3.20. The van der Waals surface area contributed by atoms with Crippen LogP contribution in [0.25, 0.3) is 0 Å². The number of nitrogens with one attached hydrogen (secondary N) is 2. The van der Waals surface area contributed by atoms with Gasteiger partial charge in [0.15, 0.2) is 0 Å². The maximum absolute atomic E-state index is 12.9. The van der Waals surface area contributed by atoms with E-state index in [1.807, 2.05) is 0 Å². The van der Waals surface area contributed by atoms with Crippen molar-refractivity contribution in [2.45, 2.75) is 76.5 Å². The van der Waals surface area contributed by atoms with E-state index in [-0.39, 0.29) is 11.8 Å². The number of aliphatic carboxylic acids is 1. The summed E-state index contributed by atoms with van der Waals surface area (Å²) in [6.07, 6.45) is 2.40. The normalized spacial score (nSPS) is 18.7. The Labute approximate surface area is 187 Å². The zero-order valence-electron chi connectivity index (χ0n) is 18.7. The minimum atomic E-state index is -1.51. The number of primary amides is 1. The number of amides is 4. The van der Waals surface area contributed by atoms with E-state index >= 15 is 0 Å². The van der Waals surface area contributed by atoms with Crippen LogP contribution in [-0.2, 0) is 24.0 Å². The maximum Gasteiger partial charge on any atom is 0.326 e. The Balaban J connectivity index is 2.83. The summed E-state index contributed by atoms with van der Waals surface area (Å²) < 4.78 is 0. The van der Waals surface area contributed by atoms with Crippen molar-refractivity contribution in [3.8, 4) is 0 Å². The second-order valence-corrected chi connectivity index (χ2v) is 8.38. The van der Waals surface area contributed by atoms with Gasteiger partial charge in [-0.25, -0.2) is 4.79 Å². The highest BCUT2D eigenvalue weighted by molar-refractivity contribution is 5.95. The molecule has 0 bridgehead atoms. The first-order valence-corrected chi connectivity index (χ1v) is 10.9. The minimum absolute atomic E-state index is 0.322. The molecule has 1 aliphatic rings. The topological polar surface area (TPSA) is 211 Å². The van der Waals surface area contributed by atoms with Gasteiger partial charge in [-0.15, -0.1) is 0 Å². The van der Waals surface area contributed by atoms with Gasteiger partial charge < -0.3 is 37.8 Å². The van der Waals surface area contributed by atoms with E-state index in [0.29, 0.717) is 38.8 Å². The van der Waals surface area contributed by atoms with Crippen LogP contribution in [0.15, 0.2) is 0 Å². The Bertz CT molecular complexity index is 700. The highest BCUT2D eigenvalue weighted by Gasteiger charge is 2.38. The molecule has 0 aromatic heterocycles. The van der Waals surface area contributed by atoms with Crippen molar-refractivity contribution in [2.24, 2.45) is 23.1 Å². The Morgan fingerprint density at radius 3 is 2.31 bits per heavy atom. The predicted octanol–water partition coefficient (Wildman–Crippen LogP) is -1.98. The minimum Gasteiger partial charge on any atom is -0.480 e. The van der Waals surface area contributed by atoms with Gasteiger partial charge in [0.1, 0.15) is 18.1 Å². The standard InChI is InChI=1S/C20H36N6O6/c1-11(2)16(18(29)24-13(20(31)32)10-15(23)27)25-17(28)14-7-5-9-26(14)19(30)12(22)6-3-4-8-21/h11-14,16H,3-10,21-22H2,1-2H3,(H2,23,27)(H,24,29)(H,25,28)(H,31,32). The molecule has 0 aromatic carbocycles. The summed E-state index contributed by atoms with van der Waals surface area (Å²) in [5.74, 6) is -4.27. The van der Waals surface area contributed by atoms with Gasteiger partial charge >= 0.3 is 5.97 Å². The van der Waals surface area contributed by atoms with Crippen LogP contribution in [-0.4, -0.2) is 76.9 Å². The van der Waals surface area contributed by atoms with Crippen LogP contribution in [0.1, 0.15) is 52.4 Å². The quantitative estimate of drug-likeness (QED) is 0.170. The Kier molecular flexibility index (Phi) is 11.1. The molecule has 32 heavy (non-hydrogen) atoms. The van der Waals surface area contributed by atoms with Crippen LogP contribution in [0.5, 0.6) is 0 Å². The molecule has 4 unspecified atom stereocenters. The number of carbonyl (C=O) groups is 5. The molecular weight excluding hydrogens is 420 g/mol. The van der Waals surface area contributed by atoms with Crippen molar-refractivity contribution < 1.29 is 29.1 Å². The van der Waals surface area contributed by atoms with Gasteiger partial charge in [0.2, 0.25) is 23.6 Å². The van der Waals surface area contributed by atoms with Crippen molar-refractivity contribution in [3.63, 3.8) is 0 Å². The number of nitrogens with two attached hydrogens (primary N) is 3. The van der Waals surface area contributed by atoms with Gasteiger partial charge in [-0.05, 0) is 38.1 Å². The monoisotopic (exact) mass is 456 g/mol. The van der Waals surface area contributed by atoms with Crippen LogP contribution in [0.2, 0.25) is 0 Å². The number of hydrogen-bond donors (Lipinski definition) is 6. The molecule has 1 rings (SSSR count). The number of likely N-dealkylation sites (tertiary alicyclic amines) is 1. The average molecular weight is 457 g/mol. The molecule has 1 heterocycles. The number of carboxylic acid groups (broad SMARTS) is 1. The SMILES string of the molecule is CC(C)C(NC(=O)C1CCCN1C(=O)C(N)CCCCN)C(=O)NC(CC(N)=O)C(=O)O. The molecule has 0 saturated carbocycles. The summed E-state index contributed by atoms with van der Waals surface area (Å²) in [4.78, 5) is 62.1. The number of unbranched alkanes of at least 4 members (excludes halogenated alkanes) is 1. The number of nitrogens with zero attached hydrogens (tertiary/aromatic N) is 1. The van der Waals surface area contributed by atoms with Crippen LogP contribution in [0.4, 0.5) is 0 Å². The molecule has 0 radical (unpaired) electrons. The fourth-order valence-corrected chi connectivity index (χ4v) is 3.60. The van der Waals surface area contributed by atoms with Gasteiger partial charge in [-0.3, -0.25) is 19.2 Å². The molecule has 12 nitrogen and oxygen atoms in total. The molecular formula is C20H36N6O6. The van der Waals surface area contributed by atoms with Gasteiger partial charge in [-0.2, -0.15) is 0 Å². The highest BCUT2D eigenvalue weighted by Crippen LogP contribution is 2.20. The molecule has 4 atom stereocenters. The molecule has 12 heteroatoms. The lowest BCUT2D eigenvalue weighted by Crippen LogP contribution is -2.58. The van der Waals surface area contributed by atoms with Crippen LogP contribution in [0.3, 0.4) is 0 Å². The van der Waals surface area contributed by atoms with E-state index < -0.39 is 54.3 Å². The highest BCUT2D eigenvalue weighted by atomic mass is 16.4. The molecule has 0 aliphatic carbocycles. The molecule has 1 aliphatic heterocycles. The lowest BCUT2D eigenvalue weighted by atomic mass is 10.0. The van der Waals surface area contributed by atoms with E-state index in [1.54, 1.807) is 13.8 Å². The van der Waals surface area contributed by atoms with Crippen molar-refractivity contribution >= 4 is 29.6 Å². The summed E-state index contributed by atoms with van der Waals surface area (Å²) in [6, 6.07) is -4.07.